The van der Waals surface area contributed by atoms with Crippen LogP contribution in [0.5, 0.6) is 0 Å². The number of morpholine rings is 1. The maximum absolute atomic E-state index is 12.7. The largest absolute Gasteiger partial charge is 0.378 e. The summed E-state index contributed by atoms with van der Waals surface area (Å²) < 4.78 is 5.33. The second-order valence-electron chi connectivity index (χ2n) is 6.28. The van der Waals surface area contributed by atoms with Gasteiger partial charge in [-0.3, -0.25) is 4.79 Å². The minimum absolute atomic E-state index is 0.164. The fourth-order valence-corrected chi connectivity index (χ4v) is 3.54. The van der Waals surface area contributed by atoms with E-state index in [1.165, 1.54) is 0 Å². The van der Waals surface area contributed by atoms with Crippen molar-refractivity contribution in [2.45, 2.75) is 12.8 Å². The Morgan fingerprint density at radius 3 is 2.71 bits per heavy atom. The van der Waals surface area contributed by atoms with Crippen LogP contribution in [0.15, 0.2) is 36.4 Å². The van der Waals surface area contributed by atoms with E-state index in [1.807, 2.05) is 36.1 Å². The monoisotopic (exact) mass is 342 g/mol. The quantitative estimate of drug-likeness (QED) is 0.766. The molecule has 1 unspecified atom stereocenters. The number of benzene rings is 2. The van der Waals surface area contributed by atoms with E-state index in [0.29, 0.717) is 26.3 Å². The van der Waals surface area contributed by atoms with Crippen molar-refractivity contribution in [1.82, 2.24) is 9.88 Å². The molecule has 4 nitrogen and oxygen atoms in total. The van der Waals surface area contributed by atoms with Gasteiger partial charge in [0.05, 0.1) is 19.1 Å². The first-order valence-electron chi connectivity index (χ1n) is 8.21. The van der Waals surface area contributed by atoms with E-state index in [9.17, 15) is 4.79 Å². The first kappa shape index (κ1) is 15.5. The molecule has 0 spiro atoms. The molecule has 24 heavy (non-hydrogen) atoms. The number of carbonyl (C=O) groups excluding carboxylic acids is 1. The zero-order valence-corrected chi connectivity index (χ0v) is 14.3. The molecule has 0 aliphatic carbocycles. The standard InChI is InChI=1S/C19H19ClN2O2/c1-12(19(23)22-6-8-24-9-7-22)13-2-4-15-16-11-14(20)3-5-17(16)21-18(15)10-13/h2-5,10-12,21H,6-9H2,1H3. The average molecular weight is 343 g/mol. The molecule has 5 heteroatoms. The zero-order chi connectivity index (χ0) is 16.7. The number of carbonyl (C=O) groups is 1. The van der Waals surface area contributed by atoms with Crippen LogP contribution in [-0.2, 0) is 9.53 Å². The predicted molar refractivity (Wildman–Crippen MR) is 96.6 cm³/mol. The van der Waals surface area contributed by atoms with Crippen LogP contribution in [-0.4, -0.2) is 42.1 Å². The Hall–Kier alpha value is -2.04. The molecule has 2 heterocycles. The van der Waals surface area contributed by atoms with Crippen molar-refractivity contribution in [2.75, 3.05) is 26.3 Å². The van der Waals surface area contributed by atoms with Crippen molar-refractivity contribution in [3.8, 4) is 0 Å². The Morgan fingerprint density at radius 2 is 1.92 bits per heavy atom. The number of aromatic nitrogens is 1. The van der Waals surface area contributed by atoms with E-state index in [1.54, 1.807) is 0 Å². The number of amides is 1. The summed E-state index contributed by atoms with van der Waals surface area (Å²) in [7, 11) is 0. The van der Waals surface area contributed by atoms with Gasteiger partial charge in [0.1, 0.15) is 0 Å². The van der Waals surface area contributed by atoms with Gasteiger partial charge in [-0.05, 0) is 36.8 Å². The summed E-state index contributed by atoms with van der Waals surface area (Å²) >= 11 is 6.11. The van der Waals surface area contributed by atoms with Crippen molar-refractivity contribution < 1.29 is 9.53 Å². The molecule has 3 aromatic rings. The zero-order valence-electron chi connectivity index (χ0n) is 13.5. The first-order valence-corrected chi connectivity index (χ1v) is 8.59. The Balaban J connectivity index is 1.69. The van der Waals surface area contributed by atoms with Gasteiger partial charge < -0.3 is 14.6 Å². The molecule has 1 N–H and O–H groups in total. The first-order chi connectivity index (χ1) is 11.6. The molecule has 0 bridgehead atoms. The number of hydrogen-bond acceptors (Lipinski definition) is 2. The second-order valence-corrected chi connectivity index (χ2v) is 6.72. The summed E-state index contributed by atoms with van der Waals surface area (Å²) in [6, 6.07) is 12.0. The highest BCUT2D eigenvalue weighted by molar-refractivity contribution is 6.31. The molecule has 2 aromatic carbocycles. The number of nitrogens with one attached hydrogen (secondary N) is 1. The van der Waals surface area contributed by atoms with Crippen molar-refractivity contribution in [3.63, 3.8) is 0 Å². The molecule has 1 amide bonds. The van der Waals surface area contributed by atoms with Gasteiger partial charge in [-0.1, -0.05) is 23.7 Å². The summed E-state index contributed by atoms with van der Waals surface area (Å²) in [6.45, 7) is 4.58. The number of nitrogens with zero attached hydrogens (tertiary/aromatic N) is 1. The topological polar surface area (TPSA) is 45.3 Å². The number of ether oxygens (including phenoxy) is 1. The van der Waals surface area contributed by atoms with Gasteiger partial charge in [0.2, 0.25) is 5.91 Å². The van der Waals surface area contributed by atoms with Crippen LogP contribution < -0.4 is 0 Å². The maximum Gasteiger partial charge on any atom is 0.229 e. The molecule has 1 aromatic heterocycles. The number of rotatable bonds is 2. The van der Waals surface area contributed by atoms with E-state index < -0.39 is 0 Å². The number of fused-ring (bicyclic) bond motifs is 3. The lowest BCUT2D eigenvalue weighted by Crippen LogP contribution is -2.42. The molecule has 1 fully saturated rings. The smallest absolute Gasteiger partial charge is 0.229 e. The molecule has 124 valence electrons. The van der Waals surface area contributed by atoms with Crippen LogP contribution in [0.3, 0.4) is 0 Å². The van der Waals surface area contributed by atoms with Crippen LogP contribution in [0.4, 0.5) is 0 Å². The highest BCUT2D eigenvalue weighted by Crippen LogP contribution is 2.30. The Labute approximate surface area is 145 Å². The lowest BCUT2D eigenvalue weighted by molar-refractivity contribution is -0.136. The second kappa shape index (κ2) is 6.11. The van der Waals surface area contributed by atoms with E-state index >= 15 is 0 Å². The fraction of sp³-hybridized carbons (Fsp3) is 0.316. The lowest BCUT2D eigenvalue weighted by atomic mass is 9.98. The highest BCUT2D eigenvalue weighted by Gasteiger charge is 2.24. The molecule has 1 saturated heterocycles. The summed E-state index contributed by atoms with van der Waals surface area (Å²) in [4.78, 5) is 18.0. The van der Waals surface area contributed by atoms with Gasteiger partial charge in [-0.2, -0.15) is 0 Å². The van der Waals surface area contributed by atoms with Crippen molar-refractivity contribution in [1.29, 1.82) is 0 Å². The number of halogens is 1. The SMILES string of the molecule is CC(C(=O)N1CCOCC1)c1ccc2c(c1)[nH]c1ccc(Cl)cc12. The molecule has 4 rings (SSSR count). The lowest BCUT2D eigenvalue weighted by Gasteiger charge is -2.29. The molecular weight excluding hydrogens is 324 g/mol. The van der Waals surface area contributed by atoms with E-state index in [-0.39, 0.29) is 11.8 Å². The van der Waals surface area contributed by atoms with Crippen LogP contribution in [0.25, 0.3) is 21.8 Å². The molecule has 1 aliphatic heterocycles. The van der Waals surface area contributed by atoms with Gasteiger partial charge in [0.15, 0.2) is 0 Å². The number of H-pyrrole nitrogens is 1. The Bertz CT molecular complexity index is 912. The third-order valence-electron chi connectivity index (χ3n) is 4.78. The number of hydrogen-bond donors (Lipinski definition) is 1. The van der Waals surface area contributed by atoms with Crippen LogP contribution in [0.2, 0.25) is 5.02 Å². The fourth-order valence-electron chi connectivity index (χ4n) is 3.36. The average Bonchev–Trinajstić information content (AvgIpc) is 2.98. The van der Waals surface area contributed by atoms with Crippen LogP contribution >= 0.6 is 11.6 Å². The maximum atomic E-state index is 12.7. The van der Waals surface area contributed by atoms with Gasteiger partial charge in [-0.15, -0.1) is 0 Å². The molecule has 0 radical (unpaired) electrons. The molecule has 1 atom stereocenters. The molecular formula is C19H19ClN2O2. The molecule has 1 aliphatic rings. The minimum atomic E-state index is -0.164. The summed E-state index contributed by atoms with van der Waals surface area (Å²) in [6.07, 6.45) is 0. The summed E-state index contributed by atoms with van der Waals surface area (Å²) in [5.74, 6) is -0.000643. The van der Waals surface area contributed by atoms with Crippen molar-refractivity contribution >= 4 is 39.3 Å². The molecule has 0 saturated carbocycles. The highest BCUT2D eigenvalue weighted by atomic mass is 35.5. The van der Waals surface area contributed by atoms with Gasteiger partial charge in [-0.25, -0.2) is 0 Å². The van der Waals surface area contributed by atoms with E-state index in [0.717, 1.165) is 32.4 Å². The number of aromatic amines is 1. The van der Waals surface area contributed by atoms with Gasteiger partial charge in [0, 0.05) is 39.9 Å². The van der Waals surface area contributed by atoms with Crippen LogP contribution in [0, 0.1) is 0 Å². The Morgan fingerprint density at radius 1 is 1.12 bits per heavy atom. The van der Waals surface area contributed by atoms with Gasteiger partial charge >= 0.3 is 0 Å². The summed E-state index contributed by atoms with van der Waals surface area (Å²) in [5, 5.41) is 2.96. The summed E-state index contributed by atoms with van der Waals surface area (Å²) in [5.41, 5.74) is 3.11. The minimum Gasteiger partial charge on any atom is -0.378 e. The predicted octanol–water partition coefficient (Wildman–Crippen LogP) is 3.94. The van der Waals surface area contributed by atoms with Gasteiger partial charge in [0.25, 0.3) is 0 Å². The third-order valence-corrected chi connectivity index (χ3v) is 5.01. The van der Waals surface area contributed by atoms with Crippen molar-refractivity contribution in [3.05, 3.63) is 47.0 Å². The third kappa shape index (κ3) is 2.66. The van der Waals surface area contributed by atoms with E-state index in [4.69, 9.17) is 16.3 Å². The van der Waals surface area contributed by atoms with Crippen molar-refractivity contribution in [2.24, 2.45) is 0 Å². The Kier molecular flexibility index (Phi) is 3.94. The normalized spacial score (nSPS) is 16.7. The van der Waals surface area contributed by atoms with E-state index in [2.05, 4.69) is 17.1 Å². The van der Waals surface area contributed by atoms with Crippen LogP contribution in [0.1, 0.15) is 18.4 Å².